The molecule has 2 heterocycles. The van der Waals surface area contributed by atoms with E-state index in [2.05, 4.69) is 14.7 Å². The fraction of sp³-hybridized carbons (Fsp3) is 0.667. The van der Waals surface area contributed by atoms with Crippen LogP contribution in [0, 0.1) is 0 Å². The predicted molar refractivity (Wildman–Crippen MR) is 56.4 cm³/mol. The van der Waals surface area contributed by atoms with Crippen molar-refractivity contribution < 1.29 is 9.32 Å². The molecule has 1 aliphatic heterocycles. The molecule has 1 aromatic heterocycles. The van der Waals surface area contributed by atoms with Crippen molar-refractivity contribution in [1.82, 2.24) is 15.0 Å². The van der Waals surface area contributed by atoms with Crippen LogP contribution in [-0.2, 0) is 4.79 Å². The third-order valence-corrected chi connectivity index (χ3v) is 3.03. The number of carbonyl (C=O) groups excluding carboxylic acids is 1. The van der Waals surface area contributed by atoms with E-state index in [4.69, 9.17) is 11.6 Å². The molecule has 0 unspecified atom stereocenters. The highest BCUT2D eigenvalue weighted by Crippen LogP contribution is 2.24. The van der Waals surface area contributed by atoms with Crippen molar-refractivity contribution in [3.05, 3.63) is 16.4 Å². The van der Waals surface area contributed by atoms with Gasteiger partial charge in [0.05, 0.1) is 0 Å². The van der Waals surface area contributed by atoms with Crippen LogP contribution in [0.3, 0.4) is 0 Å². The van der Waals surface area contributed by atoms with Gasteiger partial charge < -0.3 is 4.90 Å². The molecule has 1 saturated heterocycles. The van der Waals surface area contributed by atoms with Crippen LogP contribution in [0.5, 0.6) is 0 Å². The van der Waals surface area contributed by atoms with Gasteiger partial charge in [0, 0.05) is 19.0 Å². The van der Waals surface area contributed by atoms with Crippen LogP contribution in [0.4, 0.5) is 0 Å². The molecule has 1 aliphatic rings. The van der Waals surface area contributed by atoms with Crippen LogP contribution >= 0.6 is 11.6 Å². The monoisotopic (exact) mass is 245 g/mol. The van der Waals surface area contributed by atoms with Crippen LogP contribution in [0.15, 0.2) is 9.32 Å². The fourth-order valence-electron chi connectivity index (χ4n) is 1.90. The van der Waals surface area contributed by atoms with Crippen molar-refractivity contribution in [3.63, 3.8) is 0 Å². The zero-order chi connectivity index (χ0) is 11.5. The first-order valence-electron chi connectivity index (χ1n) is 5.10. The van der Waals surface area contributed by atoms with Gasteiger partial charge >= 0.3 is 5.76 Å². The Morgan fingerprint density at radius 3 is 2.75 bits per heavy atom. The minimum atomic E-state index is -0.533. The molecule has 0 aromatic carbocycles. The topological polar surface area (TPSA) is 79.2 Å². The summed E-state index contributed by atoms with van der Waals surface area (Å²) in [6.45, 7) is 1.29. The Labute approximate surface area is 96.6 Å². The number of rotatable bonds is 2. The largest absolute Gasteiger partial charge is 0.438 e. The standard InChI is InChI=1S/C9H12ClN3O3/c10-5-7(14)13-3-1-6(2-4-13)8-11-9(15)16-12-8/h6H,1-5H2,(H,11,12,15). The number of hydrogen-bond acceptors (Lipinski definition) is 4. The number of likely N-dealkylation sites (tertiary alicyclic amines) is 1. The van der Waals surface area contributed by atoms with E-state index in [1.165, 1.54) is 0 Å². The van der Waals surface area contributed by atoms with E-state index in [-0.39, 0.29) is 17.7 Å². The van der Waals surface area contributed by atoms with E-state index >= 15 is 0 Å². The van der Waals surface area contributed by atoms with Gasteiger partial charge in [0.15, 0.2) is 5.82 Å². The van der Waals surface area contributed by atoms with Gasteiger partial charge in [-0.3, -0.25) is 14.3 Å². The minimum Gasteiger partial charge on any atom is -0.342 e. The van der Waals surface area contributed by atoms with Gasteiger partial charge in [-0.05, 0) is 12.8 Å². The summed E-state index contributed by atoms with van der Waals surface area (Å²) in [4.78, 5) is 26.4. The Bertz CT molecular complexity index is 420. The summed E-state index contributed by atoms with van der Waals surface area (Å²) in [6.07, 6.45) is 1.54. The molecule has 1 amide bonds. The Balaban J connectivity index is 1.95. The van der Waals surface area contributed by atoms with Crippen LogP contribution in [0.1, 0.15) is 24.6 Å². The number of aromatic amines is 1. The zero-order valence-corrected chi connectivity index (χ0v) is 9.37. The van der Waals surface area contributed by atoms with Gasteiger partial charge in [-0.15, -0.1) is 11.6 Å². The summed E-state index contributed by atoms with van der Waals surface area (Å²) >= 11 is 5.48. The molecule has 16 heavy (non-hydrogen) atoms. The SMILES string of the molecule is O=C(CCl)N1CCC(c2noc(=O)[nH]2)CC1. The number of piperidine rings is 1. The van der Waals surface area contributed by atoms with Gasteiger partial charge in [0.1, 0.15) is 5.88 Å². The third-order valence-electron chi connectivity index (χ3n) is 2.81. The third kappa shape index (κ3) is 2.27. The Morgan fingerprint density at radius 2 is 2.25 bits per heavy atom. The number of hydrogen-bond donors (Lipinski definition) is 1. The predicted octanol–water partition coefficient (Wildman–Crippen LogP) is 0.308. The van der Waals surface area contributed by atoms with Crippen molar-refractivity contribution in [1.29, 1.82) is 0 Å². The van der Waals surface area contributed by atoms with Crippen LogP contribution in [0.25, 0.3) is 0 Å². The summed E-state index contributed by atoms with van der Waals surface area (Å²) in [5, 5.41) is 3.66. The van der Waals surface area contributed by atoms with Crippen molar-refractivity contribution >= 4 is 17.5 Å². The lowest BCUT2D eigenvalue weighted by atomic mass is 9.96. The first-order chi connectivity index (χ1) is 7.70. The van der Waals surface area contributed by atoms with Crippen molar-refractivity contribution in [3.8, 4) is 0 Å². The average molecular weight is 246 g/mol. The molecule has 0 atom stereocenters. The summed E-state index contributed by atoms with van der Waals surface area (Å²) in [5.74, 6) is 0.169. The molecule has 0 saturated carbocycles. The molecule has 0 spiro atoms. The summed E-state index contributed by atoms with van der Waals surface area (Å²) in [6, 6.07) is 0. The highest BCUT2D eigenvalue weighted by Gasteiger charge is 2.25. The van der Waals surface area contributed by atoms with Gasteiger partial charge in [0.2, 0.25) is 5.91 Å². The molecule has 2 rings (SSSR count). The molecular weight excluding hydrogens is 234 g/mol. The number of amides is 1. The lowest BCUT2D eigenvalue weighted by Gasteiger charge is -2.30. The lowest BCUT2D eigenvalue weighted by molar-refractivity contribution is -0.129. The number of alkyl halides is 1. The number of nitrogens with one attached hydrogen (secondary N) is 1. The number of nitrogens with zero attached hydrogens (tertiary/aromatic N) is 2. The molecule has 1 aromatic rings. The van der Waals surface area contributed by atoms with E-state index in [0.717, 1.165) is 12.8 Å². The van der Waals surface area contributed by atoms with Gasteiger partial charge in [-0.25, -0.2) is 4.79 Å². The van der Waals surface area contributed by atoms with Crippen LogP contribution < -0.4 is 5.76 Å². The second kappa shape index (κ2) is 4.69. The molecule has 1 fully saturated rings. The maximum absolute atomic E-state index is 11.3. The summed E-state index contributed by atoms with van der Waals surface area (Å²) in [7, 11) is 0. The smallest absolute Gasteiger partial charge is 0.342 e. The van der Waals surface area contributed by atoms with E-state index in [1.54, 1.807) is 4.90 Å². The molecule has 88 valence electrons. The van der Waals surface area contributed by atoms with Crippen LogP contribution in [0.2, 0.25) is 0 Å². The Morgan fingerprint density at radius 1 is 1.56 bits per heavy atom. The van der Waals surface area contributed by atoms with E-state index in [1.807, 2.05) is 0 Å². The van der Waals surface area contributed by atoms with Gasteiger partial charge in [0.25, 0.3) is 0 Å². The highest BCUT2D eigenvalue weighted by molar-refractivity contribution is 6.27. The molecule has 0 aliphatic carbocycles. The second-order valence-corrected chi connectivity index (χ2v) is 4.04. The molecule has 1 N–H and O–H groups in total. The normalized spacial score (nSPS) is 17.7. The Hall–Kier alpha value is -1.30. The first-order valence-corrected chi connectivity index (χ1v) is 5.64. The highest BCUT2D eigenvalue weighted by atomic mass is 35.5. The number of aromatic nitrogens is 2. The number of carbonyl (C=O) groups is 1. The van der Waals surface area contributed by atoms with Gasteiger partial charge in [-0.2, -0.15) is 0 Å². The van der Waals surface area contributed by atoms with Crippen molar-refractivity contribution in [2.24, 2.45) is 0 Å². The number of halogens is 1. The number of H-pyrrole nitrogens is 1. The maximum atomic E-state index is 11.3. The minimum absolute atomic E-state index is 0.0193. The van der Waals surface area contributed by atoms with Crippen molar-refractivity contribution in [2.75, 3.05) is 19.0 Å². The molecular formula is C9H12ClN3O3. The lowest BCUT2D eigenvalue weighted by Crippen LogP contribution is -2.38. The molecule has 7 heteroatoms. The average Bonchev–Trinajstić information content (AvgIpc) is 2.75. The summed E-state index contributed by atoms with van der Waals surface area (Å²) in [5.41, 5.74) is 0. The maximum Gasteiger partial charge on any atom is 0.438 e. The van der Waals surface area contributed by atoms with Gasteiger partial charge in [-0.1, -0.05) is 5.16 Å². The zero-order valence-electron chi connectivity index (χ0n) is 8.61. The van der Waals surface area contributed by atoms with E-state index < -0.39 is 5.76 Å². The van der Waals surface area contributed by atoms with Crippen LogP contribution in [-0.4, -0.2) is 39.9 Å². The van der Waals surface area contributed by atoms with Crippen molar-refractivity contribution in [2.45, 2.75) is 18.8 Å². The molecule has 0 bridgehead atoms. The second-order valence-electron chi connectivity index (χ2n) is 3.77. The van der Waals surface area contributed by atoms with E-state index in [0.29, 0.717) is 18.9 Å². The Kier molecular flexibility index (Phi) is 3.28. The molecule has 6 nitrogen and oxygen atoms in total. The van der Waals surface area contributed by atoms with E-state index in [9.17, 15) is 9.59 Å². The first kappa shape index (κ1) is 11.2. The molecule has 0 radical (unpaired) electrons. The summed E-state index contributed by atoms with van der Waals surface area (Å²) < 4.78 is 4.45. The fourth-order valence-corrected chi connectivity index (χ4v) is 2.07. The quantitative estimate of drug-likeness (QED) is 0.761.